The molecule has 0 N–H and O–H groups in total. The Morgan fingerprint density at radius 2 is 2.08 bits per heavy atom. The molecule has 130 valence electrons. The zero-order valence-electron chi connectivity index (χ0n) is 14.5. The van der Waals surface area contributed by atoms with E-state index in [-0.39, 0.29) is 6.04 Å². The fraction of sp³-hybridized carbons (Fsp3) is 0.500. The van der Waals surface area contributed by atoms with Crippen LogP contribution < -0.4 is 4.90 Å². The van der Waals surface area contributed by atoms with Crippen LogP contribution in [0.2, 0.25) is 0 Å². The molecule has 1 atom stereocenters. The Hall–Kier alpha value is -1.93. The molecule has 0 aromatic carbocycles. The number of hydrogen-bond acceptors (Lipinski definition) is 5. The Balaban J connectivity index is 1.99. The second-order valence-electron chi connectivity index (χ2n) is 6.37. The summed E-state index contributed by atoms with van der Waals surface area (Å²) >= 11 is 0. The number of pyridine rings is 1. The van der Waals surface area contributed by atoms with Gasteiger partial charge in [-0.05, 0) is 37.5 Å². The number of hydrogen-bond donors (Lipinski definition) is 0. The summed E-state index contributed by atoms with van der Waals surface area (Å²) in [6.45, 7) is 2.26. The minimum atomic E-state index is -3.56. The van der Waals surface area contributed by atoms with Gasteiger partial charge < -0.3 is 4.90 Å². The average molecular weight is 349 g/mol. The molecule has 24 heavy (non-hydrogen) atoms. The van der Waals surface area contributed by atoms with Gasteiger partial charge in [-0.25, -0.2) is 13.4 Å². The van der Waals surface area contributed by atoms with Crippen LogP contribution in [0.25, 0.3) is 0 Å². The fourth-order valence-corrected chi connectivity index (χ4v) is 5.09. The van der Waals surface area contributed by atoms with E-state index in [1.54, 1.807) is 35.4 Å². The molecule has 1 aliphatic rings. The lowest BCUT2D eigenvalue weighted by Crippen LogP contribution is -2.31. The Morgan fingerprint density at radius 1 is 1.33 bits per heavy atom. The van der Waals surface area contributed by atoms with Crippen LogP contribution in [-0.4, -0.2) is 48.1 Å². The van der Waals surface area contributed by atoms with Gasteiger partial charge in [0.15, 0.2) is 0 Å². The van der Waals surface area contributed by atoms with Gasteiger partial charge in [0.25, 0.3) is 0 Å². The van der Waals surface area contributed by atoms with Crippen molar-refractivity contribution in [2.45, 2.75) is 30.7 Å². The van der Waals surface area contributed by atoms with E-state index in [0.29, 0.717) is 17.1 Å². The molecule has 0 aliphatic carbocycles. The fourth-order valence-electron chi connectivity index (χ4n) is 3.20. The molecule has 2 aromatic rings. The van der Waals surface area contributed by atoms with E-state index in [1.165, 1.54) is 0 Å². The number of aryl methyl sites for hydroxylation is 2. The van der Waals surface area contributed by atoms with Crippen LogP contribution in [0.3, 0.4) is 0 Å². The van der Waals surface area contributed by atoms with Gasteiger partial charge in [-0.2, -0.15) is 9.40 Å². The van der Waals surface area contributed by atoms with Crippen molar-refractivity contribution >= 4 is 15.8 Å². The van der Waals surface area contributed by atoms with Crippen molar-refractivity contribution in [3.63, 3.8) is 0 Å². The van der Waals surface area contributed by atoms with Crippen LogP contribution >= 0.6 is 0 Å². The van der Waals surface area contributed by atoms with Gasteiger partial charge in [0, 0.05) is 40.1 Å². The molecule has 2 aromatic heterocycles. The monoisotopic (exact) mass is 349 g/mol. The van der Waals surface area contributed by atoms with Gasteiger partial charge in [0.05, 0.1) is 11.7 Å². The third-order valence-corrected chi connectivity index (χ3v) is 6.38. The SMILES string of the molecule is Cc1nn(C)cc1S(=O)(=O)N1CCC[C@@H]1c1ccnc(N(C)C)c1. The van der Waals surface area contributed by atoms with E-state index < -0.39 is 10.0 Å². The van der Waals surface area contributed by atoms with Gasteiger partial charge in [-0.15, -0.1) is 0 Å². The highest BCUT2D eigenvalue weighted by Gasteiger charge is 2.37. The molecule has 8 heteroatoms. The number of aromatic nitrogens is 3. The number of rotatable bonds is 4. The Morgan fingerprint density at radius 3 is 2.71 bits per heavy atom. The molecule has 3 rings (SSSR count). The normalized spacial score (nSPS) is 18.9. The lowest BCUT2D eigenvalue weighted by molar-refractivity contribution is 0.396. The van der Waals surface area contributed by atoms with Crippen molar-refractivity contribution in [1.29, 1.82) is 0 Å². The Labute approximate surface area is 143 Å². The summed E-state index contributed by atoms with van der Waals surface area (Å²) in [5.41, 5.74) is 1.52. The molecule has 7 nitrogen and oxygen atoms in total. The maximum atomic E-state index is 13.1. The molecule has 0 spiro atoms. The summed E-state index contributed by atoms with van der Waals surface area (Å²) in [7, 11) is 2.02. The second kappa shape index (κ2) is 6.18. The molecule has 0 bridgehead atoms. The molecule has 1 fully saturated rings. The Bertz CT molecular complexity index is 844. The predicted molar refractivity (Wildman–Crippen MR) is 92.4 cm³/mol. The molecule has 1 aliphatic heterocycles. The number of sulfonamides is 1. The molecule has 0 amide bonds. The predicted octanol–water partition coefficient (Wildman–Crippen LogP) is 1.72. The topological polar surface area (TPSA) is 71.3 Å². The van der Waals surface area contributed by atoms with E-state index in [1.807, 2.05) is 31.1 Å². The molecular formula is C16H23N5O2S. The van der Waals surface area contributed by atoms with Crippen LogP contribution in [0.1, 0.15) is 30.1 Å². The summed E-state index contributed by atoms with van der Waals surface area (Å²) in [5.74, 6) is 0.828. The summed E-state index contributed by atoms with van der Waals surface area (Å²) in [6, 6.07) is 3.72. The first-order valence-corrected chi connectivity index (χ1v) is 9.40. The van der Waals surface area contributed by atoms with Crippen molar-refractivity contribution in [2.75, 3.05) is 25.5 Å². The first kappa shape index (κ1) is 16.9. The van der Waals surface area contributed by atoms with Crippen LogP contribution in [0.5, 0.6) is 0 Å². The van der Waals surface area contributed by atoms with Crippen molar-refractivity contribution in [3.05, 3.63) is 35.8 Å². The maximum Gasteiger partial charge on any atom is 0.247 e. The molecule has 0 unspecified atom stereocenters. The molecule has 0 saturated carbocycles. The molecule has 3 heterocycles. The summed E-state index contributed by atoms with van der Waals surface area (Å²) in [6.07, 6.45) is 4.99. The van der Waals surface area contributed by atoms with E-state index in [4.69, 9.17) is 0 Å². The van der Waals surface area contributed by atoms with Crippen molar-refractivity contribution in [3.8, 4) is 0 Å². The highest BCUT2D eigenvalue weighted by molar-refractivity contribution is 7.89. The van der Waals surface area contributed by atoms with Gasteiger partial charge in [-0.1, -0.05) is 0 Å². The largest absolute Gasteiger partial charge is 0.363 e. The third-order valence-electron chi connectivity index (χ3n) is 4.37. The lowest BCUT2D eigenvalue weighted by atomic mass is 10.1. The van der Waals surface area contributed by atoms with Gasteiger partial charge in [0.2, 0.25) is 10.0 Å². The van der Waals surface area contributed by atoms with Gasteiger partial charge in [0.1, 0.15) is 10.7 Å². The van der Waals surface area contributed by atoms with E-state index in [0.717, 1.165) is 24.2 Å². The van der Waals surface area contributed by atoms with E-state index in [2.05, 4.69) is 10.1 Å². The number of nitrogens with zero attached hydrogens (tertiary/aromatic N) is 5. The van der Waals surface area contributed by atoms with Gasteiger partial charge in [-0.3, -0.25) is 4.68 Å². The average Bonchev–Trinajstić information content (AvgIpc) is 3.14. The summed E-state index contributed by atoms with van der Waals surface area (Å²) < 4.78 is 29.4. The van der Waals surface area contributed by atoms with Gasteiger partial charge >= 0.3 is 0 Å². The zero-order valence-corrected chi connectivity index (χ0v) is 15.3. The van der Waals surface area contributed by atoms with Crippen LogP contribution in [-0.2, 0) is 17.1 Å². The first-order valence-electron chi connectivity index (χ1n) is 7.96. The van der Waals surface area contributed by atoms with Crippen LogP contribution in [0.15, 0.2) is 29.4 Å². The second-order valence-corrected chi connectivity index (χ2v) is 8.23. The molecule has 0 radical (unpaired) electrons. The molecule has 1 saturated heterocycles. The molecular weight excluding hydrogens is 326 g/mol. The zero-order chi connectivity index (χ0) is 17.5. The summed E-state index contributed by atoms with van der Waals surface area (Å²) in [5, 5.41) is 4.18. The smallest absolute Gasteiger partial charge is 0.247 e. The summed E-state index contributed by atoms with van der Waals surface area (Å²) in [4.78, 5) is 6.53. The van der Waals surface area contributed by atoms with Crippen molar-refractivity contribution in [2.24, 2.45) is 7.05 Å². The minimum absolute atomic E-state index is 0.156. The standard InChI is InChI=1S/C16H23N5O2S/c1-12-15(11-20(4)18-12)24(22,23)21-9-5-6-14(21)13-7-8-17-16(10-13)19(2)3/h7-8,10-11,14H,5-6,9H2,1-4H3/t14-/m1/s1. The van der Waals surface area contributed by atoms with Crippen LogP contribution in [0.4, 0.5) is 5.82 Å². The lowest BCUT2D eigenvalue weighted by Gasteiger charge is -2.25. The number of anilines is 1. The van der Waals surface area contributed by atoms with Crippen molar-refractivity contribution < 1.29 is 8.42 Å². The van der Waals surface area contributed by atoms with E-state index in [9.17, 15) is 8.42 Å². The highest BCUT2D eigenvalue weighted by atomic mass is 32.2. The Kier molecular flexibility index (Phi) is 4.35. The first-order chi connectivity index (χ1) is 11.3. The van der Waals surface area contributed by atoms with Crippen LogP contribution in [0, 0.1) is 6.92 Å². The maximum absolute atomic E-state index is 13.1. The van der Waals surface area contributed by atoms with E-state index >= 15 is 0 Å². The van der Waals surface area contributed by atoms with Crippen molar-refractivity contribution in [1.82, 2.24) is 19.1 Å². The third kappa shape index (κ3) is 2.91. The minimum Gasteiger partial charge on any atom is -0.363 e. The quantitative estimate of drug-likeness (QED) is 0.840. The highest BCUT2D eigenvalue weighted by Crippen LogP contribution is 2.37.